The summed E-state index contributed by atoms with van der Waals surface area (Å²) in [5.74, 6) is 0.396. The van der Waals surface area contributed by atoms with Gasteiger partial charge in [-0.25, -0.2) is 4.39 Å². The molecule has 1 atom stereocenters. The van der Waals surface area contributed by atoms with E-state index in [2.05, 4.69) is 4.98 Å². The highest BCUT2D eigenvalue weighted by Gasteiger charge is 2.06. The first-order valence-corrected chi connectivity index (χ1v) is 5.71. The van der Waals surface area contributed by atoms with Crippen LogP contribution in [-0.4, -0.2) is 10.1 Å². The predicted molar refractivity (Wildman–Crippen MR) is 66.4 cm³/mol. The maximum Gasteiger partial charge on any atom is 0.146 e. The van der Waals surface area contributed by atoms with Crippen molar-refractivity contribution in [2.45, 2.75) is 13.0 Å². The molecule has 0 aliphatic carbocycles. The Morgan fingerprint density at radius 3 is 2.67 bits per heavy atom. The standard InChI is InChI=1S/C13H11ClFNO2/c1-8(17)12-4-3-10(7-16-12)18-13-5-2-9(15)6-11(13)14/h2-8,17H,1H3/t8-/m1/s1. The molecule has 0 bridgehead atoms. The van der Waals surface area contributed by atoms with Gasteiger partial charge in [-0.3, -0.25) is 4.98 Å². The monoisotopic (exact) mass is 267 g/mol. The van der Waals surface area contributed by atoms with Crippen LogP contribution < -0.4 is 4.74 Å². The first kappa shape index (κ1) is 12.8. The molecule has 0 aliphatic rings. The summed E-state index contributed by atoms with van der Waals surface area (Å²) < 4.78 is 18.3. The van der Waals surface area contributed by atoms with Crippen LogP contribution in [0.2, 0.25) is 5.02 Å². The van der Waals surface area contributed by atoms with Gasteiger partial charge in [0.15, 0.2) is 0 Å². The summed E-state index contributed by atoms with van der Waals surface area (Å²) >= 11 is 5.84. The van der Waals surface area contributed by atoms with Gasteiger partial charge in [0.2, 0.25) is 0 Å². The molecule has 1 aromatic carbocycles. The molecule has 0 saturated heterocycles. The quantitative estimate of drug-likeness (QED) is 0.922. The van der Waals surface area contributed by atoms with E-state index in [-0.39, 0.29) is 5.02 Å². The fourth-order valence-electron chi connectivity index (χ4n) is 1.38. The van der Waals surface area contributed by atoms with Crippen LogP contribution >= 0.6 is 11.6 Å². The van der Waals surface area contributed by atoms with E-state index in [4.69, 9.17) is 16.3 Å². The second-order valence-corrected chi connectivity index (χ2v) is 4.18. The molecule has 1 heterocycles. The molecule has 0 spiro atoms. The van der Waals surface area contributed by atoms with E-state index >= 15 is 0 Å². The molecule has 18 heavy (non-hydrogen) atoms. The van der Waals surface area contributed by atoms with Crippen molar-refractivity contribution in [3.8, 4) is 11.5 Å². The average molecular weight is 268 g/mol. The zero-order chi connectivity index (χ0) is 13.1. The number of rotatable bonds is 3. The molecule has 3 nitrogen and oxygen atoms in total. The number of aliphatic hydroxyl groups is 1. The Morgan fingerprint density at radius 2 is 2.11 bits per heavy atom. The van der Waals surface area contributed by atoms with Crippen LogP contribution in [0.15, 0.2) is 36.5 Å². The molecule has 2 aromatic rings. The lowest BCUT2D eigenvalue weighted by Crippen LogP contribution is -1.95. The molecule has 94 valence electrons. The molecule has 0 radical (unpaired) electrons. The lowest BCUT2D eigenvalue weighted by molar-refractivity contribution is 0.194. The Bertz CT molecular complexity index is 543. The summed E-state index contributed by atoms with van der Waals surface area (Å²) in [5, 5.41) is 9.50. The number of halogens is 2. The second kappa shape index (κ2) is 5.33. The molecule has 0 aliphatic heterocycles. The third-order valence-corrected chi connectivity index (χ3v) is 2.60. The van der Waals surface area contributed by atoms with E-state index in [9.17, 15) is 9.50 Å². The van der Waals surface area contributed by atoms with E-state index in [0.717, 1.165) is 0 Å². The van der Waals surface area contributed by atoms with Gasteiger partial charge >= 0.3 is 0 Å². The van der Waals surface area contributed by atoms with Gasteiger partial charge in [-0.1, -0.05) is 11.6 Å². The molecular weight excluding hydrogens is 257 g/mol. The Balaban J connectivity index is 2.18. The Hall–Kier alpha value is -1.65. The summed E-state index contributed by atoms with van der Waals surface area (Å²) in [5.41, 5.74) is 0.549. The van der Waals surface area contributed by atoms with Gasteiger partial charge in [-0.2, -0.15) is 0 Å². The van der Waals surface area contributed by atoms with E-state index in [1.165, 1.54) is 24.4 Å². The van der Waals surface area contributed by atoms with Crippen molar-refractivity contribution in [2.75, 3.05) is 0 Å². The molecule has 0 amide bonds. The molecule has 2 rings (SSSR count). The van der Waals surface area contributed by atoms with Crippen molar-refractivity contribution in [3.63, 3.8) is 0 Å². The number of aromatic nitrogens is 1. The van der Waals surface area contributed by atoms with Crippen LogP contribution in [0.3, 0.4) is 0 Å². The number of benzene rings is 1. The van der Waals surface area contributed by atoms with Gasteiger partial charge in [0.25, 0.3) is 0 Å². The zero-order valence-corrected chi connectivity index (χ0v) is 10.4. The van der Waals surface area contributed by atoms with Crippen LogP contribution in [0.5, 0.6) is 11.5 Å². The van der Waals surface area contributed by atoms with Gasteiger partial charge < -0.3 is 9.84 Å². The highest BCUT2D eigenvalue weighted by molar-refractivity contribution is 6.32. The van der Waals surface area contributed by atoms with E-state index in [1.807, 2.05) is 0 Å². The Kier molecular flexibility index (Phi) is 3.79. The summed E-state index contributed by atoms with van der Waals surface area (Å²) in [6.45, 7) is 1.62. The van der Waals surface area contributed by atoms with Gasteiger partial charge in [0.1, 0.15) is 17.3 Å². The number of hydrogen-bond donors (Lipinski definition) is 1. The largest absolute Gasteiger partial charge is 0.454 e. The van der Waals surface area contributed by atoms with Gasteiger partial charge in [0.05, 0.1) is 23.0 Å². The van der Waals surface area contributed by atoms with Crippen LogP contribution in [0.4, 0.5) is 4.39 Å². The summed E-state index contributed by atoms with van der Waals surface area (Å²) in [7, 11) is 0. The van der Waals surface area contributed by atoms with Crippen molar-refractivity contribution in [1.82, 2.24) is 4.98 Å². The Labute approximate surface area is 109 Å². The molecule has 1 N–H and O–H groups in total. The van der Waals surface area contributed by atoms with E-state index < -0.39 is 11.9 Å². The molecule has 1 aromatic heterocycles. The number of ether oxygens (including phenoxy) is 1. The fraction of sp³-hybridized carbons (Fsp3) is 0.154. The summed E-state index contributed by atoms with van der Waals surface area (Å²) in [4.78, 5) is 4.03. The van der Waals surface area contributed by atoms with Crippen molar-refractivity contribution in [1.29, 1.82) is 0 Å². The van der Waals surface area contributed by atoms with Crippen molar-refractivity contribution >= 4 is 11.6 Å². The van der Waals surface area contributed by atoms with Crippen molar-refractivity contribution in [3.05, 3.63) is 53.1 Å². The molecular formula is C13H11ClFNO2. The fourth-order valence-corrected chi connectivity index (χ4v) is 1.59. The minimum Gasteiger partial charge on any atom is -0.454 e. The lowest BCUT2D eigenvalue weighted by atomic mass is 10.2. The normalized spacial score (nSPS) is 12.2. The highest BCUT2D eigenvalue weighted by Crippen LogP contribution is 2.29. The maximum atomic E-state index is 12.8. The predicted octanol–water partition coefficient (Wildman–Crippen LogP) is 3.72. The third kappa shape index (κ3) is 2.97. The first-order valence-electron chi connectivity index (χ1n) is 5.33. The van der Waals surface area contributed by atoms with Gasteiger partial charge in [0, 0.05) is 0 Å². The maximum absolute atomic E-state index is 12.8. The minimum atomic E-state index is -0.631. The third-order valence-electron chi connectivity index (χ3n) is 2.31. The first-order chi connectivity index (χ1) is 8.56. The van der Waals surface area contributed by atoms with E-state index in [1.54, 1.807) is 19.1 Å². The van der Waals surface area contributed by atoms with E-state index in [0.29, 0.717) is 17.2 Å². The molecule has 0 saturated carbocycles. The lowest BCUT2D eigenvalue weighted by Gasteiger charge is -2.08. The van der Waals surface area contributed by atoms with Crippen LogP contribution in [-0.2, 0) is 0 Å². The molecule has 0 fully saturated rings. The smallest absolute Gasteiger partial charge is 0.146 e. The number of aliphatic hydroxyl groups excluding tert-OH is 1. The average Bonchev–Trinajstić information content (AvgIpc) is 2.33. The highest BCUT2D eigenvalue weighted by atomic mass is 35.5. The van der Waals surface area contributed by atoms with Crippen LogP contribution in [0, 0.1) is 5.82 Å². The van der Waals surface area contributed by atoms with Crippen LogP contribution in [0.25, 0.3) is 0 Å². The number of pyridine rings is 1. The van der Waals surface area contributed by atoms with Crippen molar-refractivity contribution < 1.29 is 14.2 Å². The van der Waals surface area contributed by atoms with Crippen molar-refractivity contribution in [2.24, 2.45) is 0 Å². The van der Waals surface area contributed by atoms with Gasteiger partial charge in [-0.05, 0) is 37.3 Å². The van der Waals surface area contributed by atoms with Crippen LogP contribution in [0.1, 0.15) is 18.7 Å². The zero-order valence-electron chi connectivity index (χ0n) is 9.60. The summed E-state index contributed by atoms with van der Waals surface area (Å²) in [6.07, 6.45) is 0.843. The second-order valence-electron chi connectivity index (χ2n) is 3.77. The number of nitrogens with zero attached hydrogens (tertiary/aromatic N) is 1. The van der Waals surface area contributed by atoms with Gasteiger partial charge in [-0.15, -0.1) is 0 Å². The summed E-state index contributed by atoms with van der Waals surface area (Å²) in [6, 6.07) is 7.19. The Morgan fingerprint density at radius 1 is 1.33 bits per heavy atom. The minimum absolute atomic E-state index is 0.189. The molecule has 5 heteroatoms. The topological polar surface area (TPSA) is 42.4 Å². The SMILES string of the molecule is C[C@@H](O)c1ccc(Oc2ccc(F)cc2Cl)cn1. The molecule has 0 unspecified atom stereocenters. The number of hydrogen-bond acceptors (Lipinski definition) is 3.